The number of halogens is 4. The van der Waals surface area contributed by atoms with Crippen molar-refractivity contribution in [1.29, 1.82) is 0 Å². The molecule has 3 aromatic heterocycles. The second kappa shape index (κ2) is 7.75. The van der Waals surface area contributed by atoms with Crippen LogP contribution in [-0.2, 0) is 4.79 Å². The smallest absolute Gasteiger partial charge is 0.255 e. The number of nitrogens with zero attached hydrogens (tertiary/aromatic N) is 4. The van der Waals surface area contributed by atoms with Crippen LogP contribution in [-0.4, -0.2) is 50.9 Å². The number of nitrogens with one attached hydrogen (secondary N) is 2. The van der Waals surface area contributed by atoms with Crippen LogP contribution in [0.5, 0.6) is 0 Å². The maximum atomic E-state index is 14.7. The number of anilines is 1. The summed E-state index contributed by atoms with van der Waals surface area (Å²) >= 11 is 6.04. The summed E-state index contributed by atoms with van der Waals surface area (Å²) in [6, 6.07) is 1.69. The lowest BCUT2D eigenvalue weighted by atomic mass is 9.97. The van der Waals surface area contributed by atoms with Gasteiger partial charge in [-0.05, 0) is 25.8 Å². The molecule has 1 aliphatic heterocycles. The largest absolute Gasteiger partial charge is 0.348 e. The third-order valence-electron chi connectivity index (χ3n) is 5.27. The average Bonchev–Trinajstić information content (AvgIpc) is 3.30. The highest BCUT2D eigenvalue weighted by molar-refractivity contribution is 6.31. The number of amides is 1. The van der Waals surface area contributed by atoms with Gasteiger partial charge in [-0.1, -0.05) is 11.6 Å². The van der Waals surface area contributed by atoms with Crippen molar-refractivity contribution in [2.45, 2.75) is 31.7 Å². The SMILES string of the molecule is C[C@]1(C(=O)NCC(F)F)CCCN1c1nc(-c2c[nH]c3ncc(Cl)cc23)ncc1F. The van der Waals surface area contributed by atoms with E-state index in [1.807, 2.05) is 0 Å². The van der Waals surface area contributed by atoms with E-state index in [1.54, 1.807) is 19.2 Å². The van der Waals surface area contributed by atoms with Crippen molar-refractivity contribution in [3.05, 3.63) is 35.5 Å². The Labute approximate surface area is 174 Å². The number of carbonyl (C=O) groups excluding carboxylic acids is 1. The van der Waals surface area contributed by atoms with Gasteiger partial charge in [-0.3, -0.25) is 4.79 Å². The minimum Gasteiger partial charge on any atom is -0.348 e. The number of hydrogen-bond donors (Lipinski definition) is 2. The Kier molecular flexibility index (Phi) is 5.27. The van der Waals surface area contributed by atoms with Gasteiger partial charge in [0.25, 0.3) is 6.43 Å². The van der Waals surface area contributed by atoms with Gasteiger partial charge in [-0.25, -0.2) is 28.1 Å². The van der Waals surface area contributed by atoms with Crippen molar-refractivity contribution < 1.29 is 18.0 Å². The maximum absolute atomic E-state index is 14.7. The number of carbonyl (C=O) groups is 1. The number of hydrogen-bond acceptors (Lipinski definition) is 5. The van der Waals surface area contributed by atoms with Crippen molar-refractivity contribution in [2.75, 3.05) is 18.0 Å². The van der Waals surface area contributed by atoms with Gasteiger partial charge in [0.1, 0.15) is 11.2 Å². The van der Waals surface area contributed by atoms with Crippen molar-refractivity contribution in [3.8, 4) is 11.4 Å². The highest BCUT2D eigenvalue weighted by atomic mass is 35.5. The van der Waals surface area contributed by atoms with E-state index in [1.165, 1.54) is 11.1 Å². The fourth-order valence-corrected chi connectivity index (χ4v) is 3.90. The first-order valence-corrected chi connectivity index (χ1v) is 9.67. The summed E-state index contributed by atoms with van der Waals surface area (Å²) in [6.45, 7) is 1.19. The third kappa shape index (κ3) is 3.55. The molecule has 2 N–H and O–H groups in total. The fraction of sp³-hybridized carbons (Fsp3) is 0.368. The predicted molar refractivity (Wildman–Crippen MR) is 106 cm³/mol. The number of pyridine rings is 1. The number of aromatic nitrogens is 4. The molecule has 158 valence electrons. The molecule has 4 heterocycles. The molecule has 1 saturated heterocycles. The van der Waals surface area contributed by atoms with E-state index in [0.717, 1.165) is 6.20 Å². The molecule has 0 aliphatic carbocycles. The number of aromatic amines is 1. The first-order valence-electron chi connectivity index (χ1n) is 9.29. The number of fused-ring (bicyclic) bond motifs is 1. The Balaban J connectivity index is 1.72. The average molecular weight is 439 g/mol. The van der Waals surface area contributed by atoms with E-state index in [-0.39, 0.29) is 11.6 Å². The number of H-pyrrole nitrogens is 1. The predicted octanol–water partition coefficient (Wildman–Crippen LogP) is 3.55. The molecular weight excluding hydrogens is 421 g/mol. The van der Waals surface area contributed by atoms with Crippen LogP contribution in [0.15, 0.2) is 24.7 Å². The summed E-state index contributed by atoms with van der Waals surface area (Å²) in [6.07, 6.45) is 2.47. The molecule has 0 unspecified atom stereocenters. The second-order valence-corrected chi connectivity index (χ2v) is 7.68. The molecule has 0 aromatic carbocycles. The van der Waals surface area contributed by atoms with Gasteiger partial charge in [-0.15, -0.1) is 0 Å². The highest BCUT2D eigenvalue weighted by Crippen LogP contribution is 2.36. The molecule has 0 spiro atoms. The highest BCUT2D eigenvalue weighted by Gasteiger charge is 2.45. The van der Waals surface area contributed by atoms with Gasteiger partial charge in [0.15, 0.2) is 17.5 Å². The van der Waals surface area contributed by atoms with Crippen LogP contribution in [0.1, 0.15) is 19.8 Å². The molecule has 11 heteroatoms. The molecule has 3 aromatic rings. The number of rotatable bonds is 5. The van der Waals surface area contributed by atoms with Crippen LogP contribution in [0, 0.1) is 5.82 Å². The van der Waals surface area contributed by atoms with Crippen LogP contribution in [0.2, 0.25) is 5.02 Å². The monoisotopic (exact) mass is 438 g/mol. The van der Waals surface area contributed by atoms with E-state index in [0.29, 0.717) is 41.0 Å². The Hall–Kier alpha value is -2.88. The van der Waals surface area contributed by atoms with Gasteiger partial charge in [0.05, 0.1) is 17.8 Å². The summed E-state index contributed by atoms with van der Waals surface area (Å²) in [5.74, 6) is -1.13. The zero-order valence-electron chi connectivity index (χ0n) is 15.9. The van der Waals surface area contributed by atoms with Gasteiger partial charge in [0.2, 0.25) is 5.91 Å². The van der Waals surface area contributed by atoms with Crippen LogP contribution < -0.4 is 10.2 Å². The zero-order chi connectivity index (χ0) is 21.5. The van der Waals surface area contributed by atoms with Crippen molar-refractivity contribution in [3.63, 3.8) is 0 Å². The van der Waals surface area contributed by atoms with E-state index in [9.17, 15) is 18.0 Å². The summed E-state index contributed by atoms with van der Waals surface area (Å²) in [5, 5.41) is 3.32. The standard InChI is InChI=1S/C19H18ClF3N6O/c1-19(18(30)27-9-14(22)23)3-2-4-29(19)17-13(21)8-26-16(28-17)12-7-25-15-11(12)5-10(20)6-24-15/h5-8,14H,2-4,9H2,1H3,(H,24,25)(H,27,30)/t19-/m1/s1. The first kappa shape index (κ1) is 20.4. The second-order valence-electron chi connectivity index (χ2n) is 7.25. The summed E-state index contributed by atoms with van der Waals surface area (Å²) in [7, 11) is 0. The molecule has 1 atom stereocenters. The van der Waals surface area contributed by atoms with Crippen molar-refractivity contribution in [1.82, 2.24) is 25.3 Å². The lowest BCUT2D eigenvalue weighted by Gasteiger charge is -2.34. The Morgan fingerprint density at radius 2 is 2.20 bits per heavy atom. The van der Waals surface area contributed by atoms with Crippen LogP contribution >= 0.6 is 11.6 Å². The Morgan fingerprint density at radius 3 is 2.97 bits per heavy atom. The fourth-order valence-electron chi connectivity index (χ4n) is 3.74. The van der Waals surface area contributed by atoms with E-state index in [2.05, 4.69) is 25.3 Å². The Bertz CT molecular complexity index is 1110. The third-order valence-corrected chi connectivity index (χ3v) is 5.47. The van der Waals surface area contributed by atoms with Gasteiger partial charge >= 0.3 is 0 Å². The Morgan fingerprint density at radius 1 is 1.40 bits per heavy atom. The van der Waals surface area contributed by atoms with E-state index in [4.69, 9.17) is 11.6 Å². The maximum Gasteiger partial charge on any atom is 0.255 e. The summed E-state index contributed by atoms with van der Waals surface area (Å²) < 4.78 is 39.8. The summed E-state index contributed by atoms with van der Waals surface area (Å²) in [5.41, 5.74) is -0.0579. The van der Waals surface area contributed by atoms with E-state index < -0.39 is 30.2 Å². The molecule has 1 fully saturated rings. The zero-order valence-corrected chi connectivity index (χ0v) is 16.7. The quantitative estimate of drug-likeness (QED) is 0.636. The first-order chi connectivity index (χ1) is 14.3. The molecule has 30 heavy (non-hydrogen) atoms. The molecule has 1 aliphatic rings. The van der Waals surface area contributed by atoms with E-state index >= 15 is 0 Å². The molecule has 0 bridgehead atoms. The minimum absolute atomic E-state index is 0.0588. The molecule has 7 nitrogen and oxygen atoms in total. The van der Waals surface area contributed by atoms with Crippen molar-refractivity contribution in [2.24, 2.45) is 0 Å². The lowest BCUT2D eigenvalue weighted by Crippen LogP contribution is -2.54. The van der Waals surface area contributed by atoms with Crippen LogP contribution in [0.25, 0.3) is 22.4 Å². The minimum atomic E-state index is -2.67. The molecule has 0 saturated carbocycles. The lowest BCUT2D eigenvalue weighted by molar-refractivity contribution is -0.126. The van der Waals surface area contributed by atoms with Gasteiger partial charge < -0.3 is 15.2 Å². The molecule has 0 radical (unpaired) electrons. The number of alkyl halides is 2. The topological polar surface area (TPSA) is 86.8 Å². The summed E-state index contributed by atoms with van der Waals surface area (Å²) in [4.78, 5) is 29.7. The molecular formula is C19H18ClF3N6O. The van der Waals surface area contributed by atoms with Crippen molar-refractivity contribution >= 4 is 34.4 Å². The van der Waals surface area contributed by atoms with Crippen LogP contribution in [0.4, 0.5) is 19.0 Å². The van der Waals surface area contributed by atoms with Gasteiger partial charge in [-0.2, -0.15) is 0 Å². The molecule has 1 amide bonds. The van der Waals surface area contributed by atoms with Gasteiger partial charge in [0, 0.05) is 29.9 Å². The van der Waals surface area contributed by atoms with Crippen LogP contribution in [0.3, 0.4) is 0 Å². The molecule has 4 rings (SSSR count). The normalized spacial score (nSPS) is 19.1.